The van der Waals surface area contributed by atoms with Gasteiger partial charge in [-0.15, -0.1) is 0 Å². The number of carbonyl (C=O) groups excluding carboxylic acids is 1. The number of rotatable bonds is 2. The molecule has 1 N–H and O–H groups in total. The van der Waals surface area contributed by atoms with Gasteiger partial charge in [-0.3, -0.25) is 4.79 Å². The lowest BCUT2D eigenvalue weighted by Gasteiger charge is -2.33. The Hall–Kier alpha value is -0.530. The summed E-state index contributed by atoms with van der Waals surface area (Å²) in [7, 11) is 0. The van der Waals surface area contributed by atoms with Gasteiger partial charge in [0.2, 0.25) is 5.91 Å². The summed E-state index contributed by atoms with van der Waals surface area (Å²) < 4.78 is 0. The molecule has 2 aliphatic rings. The smallest absolute Gasteiger partial charge is 0.223 e. The fraction of sp³-hybridized carbons (Fsp3) is 0.917. The van der Waals surface area contributed by atoms with Crippen LogP contribution >= 0.6 is 0 Å². The lowest BCUT2D eigenvalue weighted by Crippen LogP contribution is -2.43. The Balaban J connectivity index is 1.81. The van der Waals surface area contributed by atoms with E-state index in [1.807, 2.05) is 0 Å². The van der Waals surface area contributed by atoms with Gasteiger partial charge in [-0.1, -0.05) is 13.8 Å². The first-order chi connectivity index (χ1) is 6.66. The zero-order chi connectivity index (χ0) is 10.1. The van der Waals surface area contributed by atoms with Crippen LogP contribution in [0.3, 0.4) is 0 Å². The molecule has 0 spiro atoms. The number of amides is 1. The largest absolute Gasteiger partial charge is 0.353 e. The number of hydrogen-bond donors (Lipinski definition) is 1. The first kappa shape index (κ1) is 10.0. The molecule has 0 aromatic heterocycles. The van der Waals surface area contributed by atoms with Gasteiger partial charge in [-0.2, -0.15) is 0 Å². The van der Waals surface area contributed by atoms with Gasteiger partial charge in [0.15, 0.2) is 0 Å². The monoisotopic (exact) mass is 195 g/mol. The average Bonchev–Trinajstić information content (AvgIpc) is 2.92. The van der Waals surface area contributed by atoms with Crippen LogP contribution < -0.4 is 5.32 Å². The Labute approximate surface area is 86.5 Å². The number of carbonyl (C=O) groups is 1. The summed E-state index contributed by atoms with van der Waals surface area (Å²) in [5, 5.41) is 3.21. The van der Waals surface area contributed by atoms with Crippen molar-refractivity contribution >= 4 is 5.91 Å². The van der Waals surface area contributed by atoms with E-state index in [1.165, 1.54) is 19.3 Å². The van der Waals surface area contributed by atoms with Crippen LogP contribution in [0.5, 0.6) is 0 Å². The normalized spacial score (nSPS) is 38.0. The van der Waals surface area contributed by atoms with Crippen molar-refractivity contribution in [2.24, 2.45) is 17.8 Å². The highest BCUT2D eigenvalue weighted by Crippen LogP contribution is 2.32. The summed E-state index contributed by atoms with van der Waals surface area (Å²) in [4.78, 5) is 11.6. The minimum atomic E-state index is 0.316. The van der Waals surface area contributed by atoms with Crippen molar-refractivity contribution in [1.82, 2.24) is 5.32 Å². The van der Waals surface area contributed by atoms with Crippen LogP contribution in [0.15, 0.2) is 0 Å². The number of hydrogen-bond acceptors (Lipinski definition) is 1. The van der Waals surface area contributed by atoms with E-state index in [-0.39, 0.29) is 0 Å². The Morgan fingerprint density at radius 1 is 1.14 bits per heavy atom. The SMILES string of the molecule is CC1CCC(NC(=O)C2CC2)C(C)C1. The van der Waals surface area contributed by atoms with Gasteiger partial charge in [0, 0.05) is 12.0 Å². The zero-order valence-corrected chi connectivity index (χ0v) is 9.25. The van der Waals surface area contributed by atoms with E-state index in [0.717, 1.165) is 18.8 Å². The molecule has 1 amide bonds. The van der Waals surface area contributed by atoms with E-state index in [9.17, 15) is 4.79 Å². The molecule has 2 saturated carbocycles. The summed E-state index contributed by atoms with van der Waals surface area (Å²) >= 11 is 0. The maximum Gasteiger partial charge on any atom is 0.223 e. The molecule has 0 aromatic rings. The Morgan fingerprint density at radius 2 is 1.86 bits per heavy atom. The zero-order valence-electron chi connectivity index (χ0n) is 9.25. The maximum absolute atomic E-state index is 11.6. The molecule has 0 bridgehead atoms. The molecule has 0 heterocycles. The van der Waals surface area contributed by atoms with Crippen LogP contribution in [0.4, 0.5) is 0 Å². The molecule has 80 valence electrons. The van der Waals surface area contributed by atoms with E-state index in [2.05, 4.69) is 19.2 Å². The predicted molar refractivity (Wildman–Crippen MR) is 56.8 cm³/mol. The summed E-state index contributed by atoms with van der Waals surface area (Å²) in [6.45, 7) is 4.59. The van der Waals surface area contributed by atoms with Gasteiger partial charge >= 0.3 is 0 Å². The second-order valence-corrected chi connectivity index (χ2v) is 5.28. The van der Waals surface area contributed by atoms with Gasteiger partial charge in [-0.25, -0.2) is 0 Å². The third-order valence-corrected chi connectivity index (χ3v) is 3.71. The highest BCUT2D eigenvalue weighted by molar-refractivity contribution is 5.81. The summed E-state index contributed by atoms with van der Waals surface area (Å²) in [6.07, 6.45) is 5.96. The van der Waals surface area contributed by atoms with Crippen molar-refractivity contribution in [3.8, 4) is 0 Å². The van der Waals surface area contributed by atoms with Gasteiger partial charge < -0.3 is 5.32 Å². The summed E-state index contributed by atoms with van der Waals surface area (Å²) in [5.41, 5.74) is 0. The predicted octanol–water partition coefficient (Wildman–Crippen LogP) is 2.34. The molecule has 2 nitrogen and oxygen atoms in total. The second kappa shape index (κ2) is 3.92. The molecule has 2 aliphatic carbocycles. The molecule has 14 heavy (non-hydrogen) atoms. The molecule has 3 atom stereocenters. The van der Waals surface area contributed by atoms with Gasteiger partial charge in [-0.05, 0) is 43.9 Å². The standard InChI is InChI=1S/C12H21NO/c1-8-3-6-11(9(2)7-8)13-12(14)10-4-5-10/h8-11H,3-7H2,1-2H3,(H,13,14). The summed E-state index contributed by atoms with van der Waals surface area (Å²) in [5.74, 6) is 2.19. The fourth-order valence-corrected chi connectivity index (χ4v) is 2.53. The first-order valence-corrected chi connectivity index (χ1v) is 5.97. The van der Waals surface area contributed by atoms with Crippen LogP contribution in [0, 0.1) is 17.8 Å². The average molecular weight is 195 g/mol. The van der Waals surface area contributed by atoms with Crippen molar-refractivity contribution in [3.05, 3.63) is 0 Å². The van der Waals surface area contributed by atoms with Crippen LogP contribution in [0.25, 0.3) is 0 Å². The van der Waals surface area contributed by atoms with Crippen molar-refractivity contribution in [3.63, 3.8) is 0 Å². The third kappa shape index (κ3) is 2.28. The van der Waals surface area contributed by atoms with E-state index in [1.54, 1.807) is 0 Å². The minimum Gasteiger partial charge on any atom is -0.353 e. The number of nitrogens with one attached hydrogen (secondary N) is 1. The van der Waals surface area contributed by atoms with Crippen LogP contribution in [-0.4, -0.2) is 11.9 Å². The van der Waals surface area contributed by atoms with Gasteiger partial charge in [0.1, 0.15) is 0 Å². The van der Waals surface area contributed by atoms with E-state index in [4.69, 9.17) is 0 Å². The van der Waals surface area contributed by atoms with Crippen LogP contribution in [0.1, 0.15) is 46.0 Å². The van der Waals surface area contributed by atoms with E-state index in [0.29, 0.717) is 23.8 Å². The molecule has 0 aromatic carbocycles. The molecular formula is C12H21NO. The van der Waals surface area contributed by atoms with E-state index >= 15 is 0 Å². The lowest BCUT2D eigenvalue weighted by atomic mass is 9.80. The lowest BCUT2D eigenvalue weighted by molar-refractivity contribution is -0.123. The third-order valence-electron chi connectivity index (χ3n) is 3.71. The molecule has 0 aliphatic heterocycles. The molecule has 0 saturated heterocycles. The van der Waals surface area contributed by atoms with Crippen molar-refractivity contribution in [1.29, 1.82) is 0 Å². The van der Waals surface area contributed by atoms with Crippen molar-refractivity contribution in [2.75, 3.05) is 0 Å². The quantitative estimate of drug-likeness (QED) is 0.720. The fourth-order valence-electron chi connectivity index (χ4n) is 2.53. The molecule has 2 fully saturated rings. The van der Waals surface area contributed by atoms with Crippen molar-refractivity contribution in [2.45, 2.75) is 52.0 Å². The van der Waals surface area contributed by atoms with Gasteiger partial charge in [0.05, 0.1) is 0 Å². The van der Waals surface area contributed by atoms with Crippen molar-refractivity contribution < 1.29 is 4.79 Å². The van der Waals surface area contributed by atoms with E-state index < -0.39 is 0 Å². The summed E-state index contributed by atoms with van der Waals surface area (Å²) in [6, 6.07) is 0.458. The topological polar surface area (TPSA) is 29.1 Å². The molecule has 3 unspecified atom stereocenters. The molecule has 2 heteroatoms. The Bertz CT molecular complexity index is 222. The molecular weight excluding hydrogens is 174 g/mol. The Kier molecular flexibility index (Phi) is 2.80. The second-order valence-electron chi connectivity index (χ2n) is 5.28. The highest BCUT2D eigenvalue weighted by atomic mass is 16.2. The highest BCUT2D eigenvalue weighted by Gasteiger charge is 2.33. The Morgan fingerprint density at radius 3 is 2.43 bits per heavy atom. The maximum atomic E-state index is 11.6. The molecule has 2 rings (SSSR count). The van der Waals surface area contributed by atoms with Crippen LogP contribution in [0.2, 0.25) is 0 Å². The molecule has 0 radical (unpaired) electrons. The minimum absolute atomic E-state index is 0.316. The van der Waals surface area contributed by atoms with Crippen LogP contribution in [-0.2, 0) is 4.79 Å². The van der Waals surface area contributed by atoms with Gasteiger partial charge in [0.25, 0.3) is 0 Å². The first-order valence-electron chi connectivity index (χ1n) is 5.97.